The van der Waals surface area contributed by atoms with Crippen molar-refractivity contribution in [3.8, 4) is 0 Å². The third-order valence-corrected chi connectivity index (χ3v) is 5.20. The number of hydrogen-bond donors (Lipinski definition) is 1. The summed E-state index contributed by atoms with van der Waals surface area (Å²) in [5.74, 6) is -0.123. The normalized spacial score (nSPS) is 23.2. The van der Waals surface area contributed by atoms with Gasteiger partial charge >= 0.3 is 0 Å². The number of aromatic nitrogens is 2. The Morgan fingerprint density at radius 3 is 2.79 bits per heavy atom. The van der Waals surface area contributed by atoms with E-state index in [-0.39, 0.29) is 23.5 Å². The lowest BCUT2D eigenvalue weighted by Gasteiger charge is -2.26. The Kier molecular flexibility index (Phi) is 3.64. The van der Waals surface area contributed by atoms with Gasteiger partial charge in [-0.15, -0.1) is 0 Å². The molecule has 1 amide bonds. The Hall–Kier alpha value is -1.41. The number of nitrogens with two attached hydrogens (primary N) is 1. The van der Waals surface area contributed by atoms with E-state index in [4.69, 9.17) is 5.73 Å². The molecule has 2 atom stereocenters. The maximum absolute atomic E-state index is 12.2. The van der Waals surface area contributed by atoms with Crippen LogP contribution in [-0.2, 0) is 21.7 Å². The topological polar surface area (TPSA) is 98.3 Å². The molecule has 0 bridgehead atoms. The summed E-state index contributed by atoms with van der Waals surface area (Å²) in [6.07, 6.45) is 3.70. The first kappa shape index (κ1) is 14.0. The molecule has 1 saturated heterocycles. The summed E-state index contributed by atoms with van der Waals surface area (Å²) < 4.78 is 24.4. The number of nitrogens with zero attached hydrogens (tertiary/aromatic N) is 3. The van der Waals surface area contributed by atoms with Crippen LogP contribution in [0.15, 0.2) is 12.4 Å². The molecule has 106 valence electrons. The molecule has 2 heterocycles. The molecule has 7 nitrogen and oxygen atoms in total. The van der Waals surface area contributed by atoms with E-state index in [9.17, 15) is 13.2 Å². The van der Waals surface area contributed by atoms with E-state index in [1.165, 1.54) is 4.90 Å². The van der Waals surface area contributed by atoms with Gasteiger partial charge in [0.2, 0.25) is 5.91 Å². The van der Waals surface area contributed by atoms with Gasteiger partial charge in [-0.25, -0.2) is 8.42 Å². The van der Waals surface area contributed by atoms with Crippen LogP contribution in [0, 0.1) is 0 Å². The minimum atomic E-state index is -3.01. The number of carbonyl (C=O) groups excluding carboxylic acids is 1. The molecule has 1 aliphatic rings. The number of rotatable bonds is 3. The standard InChI is InChI=1S/C11H18N4O3S/c1-14-6-8(5-13-14)10(12)11(16)15(2)9-3-4-19(17,18)7-9/h5-6,9-10H,3-4,7,12H2,1-2H3. The van der Waals surface area contributed by atoms with Crippen LogP contribution in [0.3, 0.4) is 0 Å². The molecule has 1 aliphatic heterocycles. The van der Waals surface area contributed by atoms with Crippen molar-refractivity contribution in [2.75, 3.05) is 18.6 Å². The van der Waals surface area contributed by atoms with Gasteiger partial charge in [0, 0.05) is 31.9 Å². The van der Waals surface area contributed by atoms with Crippen LogP contribution in [0.4, 0.5) is 0 Å². The molecule has 0 spiro atoms. The van der Waals surface area contributed by atoms with E-state index in [1.807, 2.05) is 0 Å². The lowest BCUT2D eigenvalue weighted by molar-refractivity contribution is -0.133. The molecule has 2 unspecified atom stereocenters. The Morgan fingerprint density at radius 1 is 1.63 bits per heavy atom. The molecule has 8 heteroatoms. The minimum Gasteiger partial charge on any atom is -0.340 e. The van der Waals surface area contributed by atoms with Gasteiger partial charge in [0.1, 0.15) is 6.04 Å². The summed E-state index contributed by atoms with van der Waals surface area (Å²) in [6.45, 7) is 0. The minimum absolute atomic E-state index is 0.0228. The Bertz CT molecular complexity index is 581. The largest absolute Gasteiger partial charge is 0.340 e. The second kappa shape index (κ2) is 4.93. The van der Waals surface area contributed by atoms with Crippen LogP contribution in [0.25, 0.3) is 0 Å². The van der Waals surface area contributed by atoms with Crippen molar-refractivity contribution >= 4 is 15.7 Å². The van der Waals surface area contributed by atoms with Crippen LogP contribution in [0.1, 0.15) is 18.0 Å². The number of sulfone groups is 1. The summed E-state index contributed by atoms with van der Waals surface area (Å²) >= 11 is 0. The van der Waals surface area contributed by atoms with Crippen molar-refractivity contribution in [3.63, 3.8) is 0 Å². The van der Waals surface area contributed by atoms with Gasteiger partial charge in [0.25, 0.3) is 0 Å². The fraction of sp³-hybridized carbons (Fsp3) is 0.636. The second-order valence-electron chi connectivity index (χ2n) is 4.93. The van der Waals surface area contributed by atoms with Crippen molar-refractivity contribution in [2.45, 2.75) is 18.5 Å². The van der Waals surface area contributed by atoms with Crippen LogP contribution >= 0.6 is 0 Å². The number of aryl methyl sites for hydroxylation is 1. The highest BCUT2D eigenvalue weighted by Gasteiger charge is 2.34. The third-order valence-electron chi connectivity index (χ3n) is 3.45. The molecule has 0 aliphatic carbocycles. The molecular weight excluding hydrogens is 268 g/mol. The maximum atomic E-state index is 12.2. The molecule has 2 rings (SSSR count). The monoisotopic (exact) mass is 286 g/mol. The van der Waals surface area contributed by atoms with E-state index in [0.29, 0.717) is 12.0 Å². The highest BCUT2D eigenvalue weighted by atomic mass is 32.2. The molecule has 2 N–H and O–H groups in total. The third kappa shape index (κ3) is 2.95. The zero-order valence-corrected chi connectivity index (χ0v) is 11.8. The van der Waals surface area contributed by atoms with Gasteiger partial charge in [-0.3, -0.25) is 9.48 Å². The van der Waals surface area contributed by atoms with Gasteiger partial charge in [-0.05, 0) is 6.42 Å². The Balaban J connectivity index is 2.07. The summed E-state index contributed by atoms with van der Waals surface area (Å²) in [7, 11) is 0.334. The molecule has 0 aromatic carbocycles. The van der Waals surface area contributed by atoms with Crippen LogP contribution < -0.4 is 5.73 Å². The second-order valence-corrected chi connectivity index (χ2v) is 7.16. The SMILES string of the molecule is CN(C(=O)C(N)c1cnn(C)c1)C1CCS(=O)(=O)C1. The van der Waals surface area contributed by atoms with Gasteiger partial charge in [-0.2, -0.15) is 5.10 Å². The molecule has 1 aromatic heterocycles. The number of hydrogen-bond acceptors (Lipinski definition) is 5. The van der Waals surface area contributed by atoms with Crippen LogP contribution in [0.2, 0.25) is 0 Å². The van der Waals surface area contributed by atoms with E-state index in [0.717, 1.165) is 0 Å². The maximum Gasteiger partial charge on any atom is 0.244 e. The summed E-state index contributed by atoms with van der Waals surface area (Å²) in [6, 6.07) is -1.08. The van der Waals surface area contributed by atoms with Gasteiger partial charge < -0.3 is 10.6 Å². The predicted molar refractivity (Wildman–Crippen MR) is 70.0 cm³/mol. The quantitative estimate of drug-likeness (QED) is 0.773. The zero-order valence-electron chi connectivity index (χ0n) is 11.0. The fourth-order valence-corrected chi connectivity index (χ4v) is 4.00. The first-order valence-corrected chi connectivity index (χ1v) is 7.83. The van der Waals surface area contributed by atoms with Crippen molar-refractivity contribution in [3.05, 3.63) is 18.0 Å². The molecule has 0 saturated carbocycles. The lowest BCUT2D eigenvalue weighted by atomic mass is 10.1. The summed E-state index contributed by atoms with van der Waals surface area (Å²) in [4.78, 5) is 13.7. The molecule has 1 aromatic rings. The van der Waals surface area contributed by atoms with E-state index in [1.54, 1.807) is 31.2 Å². The lowest BCUT2D eigenvalue weighted by Crippen LogP contribution is -2.42. The van der Waals surface area contributed by atoms with Gasteiger partial charge in [0.05, 0.1) is 17.7 Å². The highest BCUT2D eigenvalue weighted by molar-refractivity contribution is 7.91. The average molecular weight is 286 g/mol. The van der Waals surface area contributed by atoms with Gasteiger partial charge in [-0.1, -0.05) is 0 Å². The van der Waals surface area contributed by atoms with E-state index < -0.39 is 15.9 Å². The predicted octanol–water partition coefficient (Wildman–Crippen LogP) is -0.935. The number of carbonyl (C=O) groups is 1. The highest BCUT2D eigenvalue weighted by Crippen LogP contribution is 2.20. The van der Waals surface area contributed by atoms with Gasteiger partial charge in [0.15, 0.2) is 9.84 Å². The van der Waals surface area contributed by atoms with E-state index >= 15 is 0 Å². The van der Waals surface area contributed by atoms with Crippen molar-refractivity contribution in [1.29, 1.82) is 0 Å². The first-order valence-electron chi connectivity index (χ1n) is 6.01. The van der Waals surface area contributed by atoms with Crippen molar-refractivity contribution in [2.24, 2.45) is 12.8 Å². The molecule has 0 radical (unpaired) electrons. The summed E-state index contributed by atoms with van der Waals surface area (Å²) in [5.41, 5.74) is 6.52. The van der Waals surface area contributed by atoms with Crippen molar-refractivity contribution in [1.82, 2.24) is 14.7 Å². The number of likely N-dealkylation sites (N-methyl/N-ethyl adjacent to an activating group) is 1. The van der Waals surface area contributed by atoms with E-state index in [2.05, 4.69) is 5.10 Å². The first-order chi connectivity index (χ1) is 8.80. The Morgan fingerprint density at radius 2 is 2.32 bits per heavy atom. The number of amides is 1. The van der Waals surface area contributed by atoms with Crippen LogP contribution in [-0.4, -0.2) is 53.6 Å². The van der Waals surface area contributed by atoms with Crippen molar-refractivity contribution < 1.29 is 13.2 Å². The zero-order chi connectivity index (χ0) is 14.2. The molecular formula is C11H18N4O3S. The van der Waals surface area contributed by atoms with Crippen LogP contribution in [0.5, 0.6) is 0 Å². The summed E-state index contributed by atoms with van der Waals surface area (Å²) in [5, 5.41) is 3.97. The molecule has 1 fully saturated rings. The Labute approximate surface area is 112 Å². The fourth-order valence-electron chi connectivity index (χ4n) is 2.22. The smallest absolute Gasteiger partial charge is 0.244 e. The molecule has 19 heavy (non-hydrogen) atoms. The average Bonchev–Trinajstić information content (AvgIpc) is 2.92.